The van der Waals surface area contributed by atoms with E-state index in [9.17, 15) is 0 Å². The molecule has 2 aromatic rings. The van der Waals surface area contributed by atoms with Crippen molar-refractivity contribution in [2.45, 2.75) is 34.1 Å². The largest absolute Gasteiger partial charge is 0.358 e. The standard InChI is InChI=1S/C13H12.2C2H6.2CH3.Y/c1-3-7-12(8-4-1)11-13-9-5-2-6-10-13;2*1-2;;;/h1-10H,11H2;2*1-2H3;2*1H3;/q;;;2*-1;. The molecular formula is C19H30Y-2. The van der Waals surface area contributed by atoms with Crippen molar-refractivity contribution in [1.29, 1.82) is 0 Å². The fraction of sp³-hybridized carbons (Fsp3) is 0.263. The summed E-state index contributed by atoms with van der Waals surface area (Å²) in [6.07, 6.45) is 1.03. The molecule has 1 heteroatoms. The average molecular weight is 347 g/mol. The molecule has 0 N–H and O–H groups in total. The molecule has 0 bridgehead atoms. The number of hydrogen-bond acceptors (Lipinski definition) is 0. The Kier molecular flexibility index (Phi) is 29.0. The molecular weight excluding hydrogens is 317 g/mol. The summed E-state index contributed by atoms with van der Waals surface area (Å²) >= 11 is 0. The molecule has 0 aromatic heterocycles. The Morgan fingerprint density at radius 1 is 0.550 bits per heavy atom. The predicted octanol–water partition coefficient (Wildman–Crippen LogP) is 6.23. The number of hydrogen-bond donors (Lipinski definition) is 0. The van der Waals surface area contributed by atoms with Crippen molar-refractivity contribution in [3.05, 3.63) is 86.6 Å². The van der Waals surface area contributed by atoms with E-state index >= 15 is 0 Å². The van der Waals surface area contributed by atoms with Crippen molar-refractivity contribution >= 4 is 0 Å². The zero-order valence-electron chi connectivity index (χ0n) is 14.1. The molecule has 20 heavy (non-hydrogen) atoms. The molecule has 0 nitrogen and oxygen atoms in total. The van der Waals surface area contributed by atoms with E-state index in [1.54, 1.807) is 0 Å². The van der Waals surface area contributed by atoms with Gasteiger partial charge in [-0.25, -0.2) is 0 Å². The monoisotopic (exact) mass is 347 g/mol. The van der Waals surface area contributed by atoms with Gasteiger partial charge >= 0.3 is 0 Å². The Balaban J connectivity index is -0.000000169. The van der Waals surface area contributed by atoms with Gasteiger partial charge in [0.25, 0.3) is 0 Å². The van der Waals surface area contributed by atoms with Crippen molar-refractivity contribution in [2.24, 2.45) is 0 Å². The average Bonchev–Trinajstić information content (AvgIpc) is 2.45. The second-order valence-corrected chi connectivity index (χ2v) is 3.15. The maximum atomic E-state index is 2.16. The number of rotatable bonds is 2. The summed E-state index contributed by atoms with van der Waals surface area (Å²) in [7, 11) is 0. The third kappa shape index (κ3) is 12.6. The molecule has 0 saturated carbocycles. The van der Waals surface area contributed by atoms with Crippen LogP contribution in [0.4, 0.5) is 0 Å². The summed E-state index contributed by atoms with van der Waals surface area (Å²) in [6.45, 7) is 8.00. The number of benzene rings is 2. The van der Waals surface area contributed by atoms with Crippen molar-refractivity contribution in [2.75, 3.05) is 0 Å². The van der Waals surface area contributed by atoms with Crippen LogP contribution in [0.25, 0.3) is 0 Å². The predicted molar refractivity (Wildman–Crippen MR) is 91.2 cm³/mol. The quantitative estimate of drug-likeness (QED) is 0.565. The van der Waals surface area contributed by atoms with E-state index in [-0.39, 0.29) is 47.6 Å². The summed E-state index contributed by atoms with van der Waals surface area (Å²) in [4.78, 5) is 0. The third-order valence-electron chi connectivity index (χ3n) is 2.09. The zero-order chi connectivity index (χ0) is 12.9. The van der Waals surface area contributed by atoms with Crippen LogP contribution in [0.1, 0.15) is 38.8 Å². The van der Waals surface area contributed by atoms with Gasteiger partial charge in [0.15, 0.2) is 0 Å². The van der Waals surface area contributed by atoms with Crippen LogP contribution in [0.5, 0.6) is 0 Å². The minimum atomic E-state index is 0. The first-order valence-corrected chi connectivity index (χ1v) is 6.53. The molecule has 0 saturated heterocycles. The van der Waals surface area contributed by atoms with Crippen LogP contribution < -0.4 is 0 Å². The van der Waals surface area contributed by atoms with Crippen molar-refractivity contribution in [3.63, 3.8) is 0 Å². The zero-order valence-corrected chi connectivity index (χ0v) is 16.9. The molecule has 2 aromatic carbocycles. The van der Waals surface area contributed by atoms with Crippen LogP contribution in [0, 0.1) is 14.9 Å². The van der Waals surface area contributed by atoms with Gasteiger partial charge in [0.2, 0.25) is 0 Å². The fourth-order valence-corrected chi connectivity index (χ4v) is 1.43. The first kappa shape index (κ1) is 27.8. The van der Waals surface area contributed by atoms with Gasteiger partial charge < -0.3 is 14.9 Å². The van der Waals surface area contributed by atoms with Gasteiger partial charge in [-0.05, 0) is 17.5 Å². The minimum absolute atomic E-state index is 0. The van der Waals surface area contributed by atoms with E-state index in [0.29, 0.717) is 0 Å². The van der Waals surface area contributed by atoms with Crippen LogP contribution in [0.2, 0.25) is 0 Å². The van der Waals surface area contributed by atoms with Crippen molar-refractivity contribution < 1.29 is 32.7 Å². The van der Waals surface area contributed by atoms with Gasteiger partial charge in [-0.15, -0.1) is 0 Å². The Bertz CT molecular complexity index is 317. The topological polar surface area (TPSA) is 0 Å². The normalized spacial score (nSPS) is 7.00. The fourth-order valence-electron chi connectivity index (χ4n) is 1.43. The summed E-state index contributed by atoms with van der Waals surface area (Å²) in [6, 6.07) is 21.1. The van der Waals surface area contributed by atoms with E-state index in [2.05, 4.69) is 60.7 Å². The SMILES string of the molecule is CC.CC.[CH3-].[CH3-].[Y].c1ccc(Cc2ccccc2)cc1. The first-order chi connectivity index (χ1) is 8.45. The van der Waals surface area contributed by atoms with Crippen molar-refractivity contribution in [3.8, 4) is 0 Å². The summed E-state index contributed by atoms with van der Waals surface area (Å²) in [5, 5.41) is 0. The summed E-state index contributed by atoms with van der Waals surface area (Å²) < 4.78 is 0. The van der Waals surface area contributed by atoms with Crippen LogP contribution in [0.15, 0.2) is 60.7 Å². The minimum Gasteiger partial charge on any atom is -0.358 e. The summed E-state index contributed by atoms with van der Waals surface area (Å²) in [5.41, 5.74) is 2.74. The Hall–Kier alpha value is -0.456. The van der Waals surface area contributed by atoms with Crippen LogP contribution >= 0.6 is 0 Å². The molecule has 0 unspecified atom stereocenters. The molecule has 0 atom stereocenters. The first-order valence-electron chi connectivity index (χ1n) is 6.53. The Morgan fingerprint density at radius 3 is 1.05 bits per heavy atom. The van der Waals surface area contributed by atoms with Gasteiger partial charge in [0.1, 0.15) is 0 Å². The molecule has 0 fully saturated rings. The van der Waals surface area contributed by atoms with Crippen molar-refractivity contribution in [1.82, 2.24) is 0 Å². The molecule has 0 aliphatic rings. The van der Waals surface area contributed by atoms with Gasteiger partial charge in [-0.2, -0.15) is 0 Å². The molecule has 0 aliphatic carbocycles. The van der Waals surface area contributed by atoms with Gasteiger partial charge in [-0.3, -0.25) is 0 Å². The second kappa shape index (κ2) is 20.9. The van der Waals surface area contributed by atoms with Gasteiger partial charge in [0, 0.05) is 32.7 Å². The molecule has 0 amide bonds. The summed E-state index contributed by atoms with van der Waals surface area (Å²) in [5.74, 6) is 0. The van der Waals surface area contributed by atoms with E-state index in [0.717, 1.165) is 6.42 Å². The maximum absolute atomic E-state index is 2.16. The van der Waals surface area contributed by atoms with E-state index < -0.39 is 0 Å². The molecule has 2 rings (SSSR count). The van der Waals surface area contributed by atoms with E-state index in [4.69, 9.17) is 0 Å². The van der Waals surface area contributed by atoms with E-state index in [1.807, 2.05) is 27.7 Å². The molecule has 0 spiro atoms. The third-order valence-corrected chi connectivity index (χ3v) is 2.09. The Labute approximate surface area is 152 Å². The molecule has 1 radical (unpaired) electrons. The van der Waals surface area contributed by atoms with Crippen LogP contribution in [-0.4, -0.2) is 0 Å². The smallest absolute Gasteiger partial charge is 0 e. The van der Waals surface area contributed by atoms with Gasteiger partial charge in [0.05, 0.1) is 0 Å². The van der Waals surface area contributed by atoms with Crippen LogP contribution in [-0.2, 0) is 39.1 Å². The second-order valence-electron chi connectivity index (χ2n) is 3.15. The molecule has 111 valence electrons. The maximum Gasteiger partial charge on any atom is 0 e. The molecule has 0 aliphatic heterocycles. The Morgan fingerprint density at radius 2 is 0.800 bits per heavy atom. The van der Waals surface area contributed by atoms with Crippen LogP contribution in [0.3, 0.4) is 0 Å². The molecule has 0 heterocycles. The van der Waals surface area contributed by atoms with E-state index in [1.165, 1.54) is 11.1 Å². The van der Waals surface area contributed by atoms with Gasteiger partial charge in [-0.1, -0.05) is 88.4 Å².